The summed E-state index contributed by atoms with van der Waals surface area (Å²) in [6, 6.07) is 10.5. The minimum Gasteiger partial charge on any atom is -0.339 e. The number of rotatable bonds is 5. The summed E-state index contributed by atoms with van der Waals surface area (Å²) >= 11 is 0. The van der Waals surface area contributed by atoms with Crippen molar-refractivity contribution in [2.45, 2.75) is 31.7 Å². The molecule has 0 radical (unpaired) electrons. The fraction of sp³-hybridized carbons (Fsp3) is 0.360. The molecule has 3 aromatic rings. The van der Waals surface area contributed by atoms with E-state index in [4.69, 9.17) is 0 Å². The Morgan fingerprint density at radius 3 is 2.35 bits per heavy atom. The van der Waals surface area contributed by atoms with E-state index in [0.717, 1.165) is 25.0 Å². The number of piperazine rings is 1. The molecule has 0 spiro atoms. The first-order valence-electron chi connectivity index (χ1n) is 11.4. The highest BCUT2D eigenvalue weighted by Crippen LogP contribution is 2.35. The van der Waals surface area contributed by atoms with E-state index in [1.54, 1.807) is 15.5 Å². The predicted octanol–water partition coefficient (Wildman–Crippen LogP) is 2.93. The van der Waals surface area contributed by atoms with Gasteiger partial charge < -0.3 is 9.80 Å². The van der Waals surface area contributed by atoms with Crippen molar-refractivity contribution in [1.29, 1.82) is 0 Å². The second-order valence-corrected chi connectivity index (χ2v) is 8.75. The summed E-state index contributed by atoms with van der Waals surface area (Å²) in [4.78, 5) is 46.3. The Morgan fingerprint density at radius 2 is 1.65 bits per heavy atom. The first-order valence-corrected chi connectivity index (χ1v) is 11.4. The van der Waals surface area contributed by atoms with Gasteiger partial charge in [-0.15, -0.1) is 0 Å². The molecule has 2 fully saturated rings. The number of carbonyl (C=O) groups excluding carboxylic acids is 2. The van der Waals surface area contributed by atoms with E-state index >= 15 is 0 Å². The third-order valence-corrected chi connectivity index (χ3v) is 6.44. The van der Waals surface area contributed by atoms with E-state index in [0.29, 0.717) is 49.3 Å². The van der Waals surface area contributed by atoms with E-state index < -0.39 is 11.6 Å². The normalized spacial score (nSPS) is 16.2. The maximum absolute atomic E-state index is 13.5. The minimum absolute atomic E-state index is 0.0556. The molecule has 5 rings (SSSR count). The molecule has 1 saturated heterocycles. The summed E-state index contributed by atoms with van der Waals surface area (Å²) in [6.45, 7) is 1.33. The molecular weight excluding hydrogens is 442 g/mol. The second-order valence-electron chi connectivity index (χ2n) is 8.75. The molecule has 2 amide bonds. The van der Waals surface area contributed by atoms with Crippen LogP contribution in [0.1, 0.15) is 41.5 Å². The van der Waals surface area contributed by atoms with E-state index in [1.807, 2.05) is 18.2 Å². The lowest BCUT2D eigenvalue weighted by Crippen LogP contribution is -2.50. The zero-order valence-corrected chi connectivity index (χ0v) is 18.5. The second kappa shape index (κ2) is 8.96. The zero-order chi connectivity index (χ0) is 23.8. The van der Waals surface area contributed by atoms with Crippen LogP contribution in [0.15, 0.2) is 47.3 Å². The van der Waals surface area contributed by atoms with Crippen molar-refractivity contribution in [3.05, 3.63) is 75.8 Å². The third-order valence-electron chi connectivity index (χ3n) is 6.44. The van der Waals surface area contributed by atoms with Crippen LogP contribution < -0.4 is 5.56 Å². The fourth-order valence-corrected chi connectivity index (χ4v) is 4.43. The Kier molecular flexibility index (Phi) is 5.85. The number of amides is 2. The topological polar surface area (TPSA) is 75.5 Å². The van der Waals surface area contributed by atoms with Crippen LogP contribution in [0, 0.1) is 11.6 Å². The summed E-state index contributed by atoms with van der Waals surface area (Å²) in [5.74, 6) is -1.89. The summed E-state index contributed by atoms with van der Waals surface area (Å²) in [6.07, 6.45) is 2.46. The molecule has 0 atom stereocenters. The molecule has 0 N–H and O–H groups in total. The first-order chi connectivity index (χ1) is 16.4. The molecule has 9 heteroatoms. The van der Waals surface area contributed by atoms with Crippen molar-refractivity contribution in [1.82, 2.24) is 19.4 Å². The maximum atomic E-state index is 13.5. The van der Waals surface area contributed by atoms with Crippen LogP contribution in [0.2, 0.25) is 0 Å². The molecule has 0 bridgehead atoms. The first kappa shape index (κ1) is 22.2. The average molecular weight is 466 g/mol. The van der Waals surface area contributed by atoms with Crippen LogP contribution in [0.25, 0.3) is 10.9 Å². The fourth-order valence-electron chi connectivity index (χ4n) is 4.43. The number of nitrogens with zero attached hydrogens (tertiary/aromatic N) is 4. The standard InChI is InChI=1S/C25H24F2N4O3/c26-19-8-5-16(15-20(19)27)24(33)30-13-11-29(12-14-30)23(32)10-9-22-28-21-4-2-1-3-18(21)25(34)31(22)17-6-7-17/h1-5,8,15,17H,6-7,9-14H2. The molecule has 2 heterocycles. The van der Waals surface area contributed by atoms with Crippen LogP contribution in [-0.2, 0) is 11.2 Å². The van der Waals surface area contributed by atoms with Gasteiger partial charge in [0, 0.05) is 50.6 Å². The highest BCUT2D eigenvalue weighted by Gasteiger charge is 2.29. The number of fused-ring (bicyclic) bond motifs is 1. The molecule has 1 aliphatic carbocycles. The zero-order valence-electron chi connectivity index (χ0n) is 18.5. The summed E-state index contributed by atoms with van der Waals surface area (Å²) in [5, 5.41) is 0.589. The Bertz CT molecular complexity index is 1330. The Hall–Kier alpha value is -3.62. The van der Waals surface area contributed by atoms with Gasteiger partial charge in [0.05, 0.1) is 10.9 Å². The van der Waals surface area contributed by atoms with Gasteiger partial charge in [0.1, 0.15) is 5.82 Å². The Labute approximate surface area is 194 Å². The van der Waals surface area contributed by atoms with Gasteiger partial charge in [-0.05, 0) is 43.2 Å². The van der Waals surface area contributed by atoms with Gasteiger partial charge in [-0.25, -0.2) is 13.8 Å². The monoisotopic (exact) mass is 466 g/mol. The van der Waals surface area contributed by atoms with Crippen LogP contribution in [-0.4, -0.2) is 57.3 Å². The Balaban J connectivity index is 1.22. The summed E-state index contributed by atoms with van der Waals surface area (Å²) < 4.78 is 28.4. The van der Waals surface area contributed by atoms with Crippen LogP contribution >= 0.6 is 0 Å². The van der Waals surface area contributed by atoms with Gasteiger partial charge in [0.2, 0.25) is 5.91 Å². The molecule has 7 nitrogen and oxygen atoms in total. The van der Waals surface area contributed by atoms with E-state index in [2.05, 4.69) is 4.98 Å². The summed E-state index contributed by atoms with van der Waals surface area (Å²) in [5.41, 5.74) is 0.662. The maximum Gasteiger partial charge on any atom is 0.261 e. The number of hydrogen-bond acceptors (Lipinski definition) is 4. The van der Waals surface area contributed by atoms with Gasteiger partial charge in [0.15, 0.2) is 11.6 Å². The van der Waals surface area contributed by atoms with Crippen LogP contribution in [0.5, 0.6) is 0 Å². The molecule has 1 aromatic heterocycles. The molecule has 1 saturated carbocycles. The lowest BCUT2D eigenvalue weighted by atomic mass is 10.1. The smallest absolute Gasteiger partial charge is 0.261 e. The van der Waals surface area contributed by atoms with Crippen molar-refractivity contribution in [3.8, 4) is 0 Å². The van der Waals surface area contributed by atoms with Crippen molar-refractivity contribution >= 4 is 22.7 Å². The van der Waals surface area contributed by atoms with Gasteiger partial charge in [-0.3, -0.25) is 19.0 Å². The molecule has 2 aromatic carbocycles. The number of hydrogen-bond donors (Lipinski definition) is 0. The highest BCUT2D eigenvalue weighted by atomic mass is 19.2. The van der Waals surface area contributed by atoms with Crippen molar-refractivity contribution in [2.24, 2.45) is 0 Å². The predicted molar refractivity (Wildman–Crippen MR) is 121 cm³/mol. The van der Waals surface area contributed by atoms with Crippen molar-refractivity contribution in [2.75, 3.05) is 26.2 Å². The lowest BCUT2D eigenvalue weighted by Gasteiger charge is -2.35. The van der Waals surface area contributed by atoms with Crippen LogP contribution in [0.4, 0.5) is 8.78 Å². The molecule has 2 aliphatic rings. The largest absolute Gasteiger partial charge is 0.339 e. The van der Waals surface area contributed by atoms with Crippen LogP contribution in [0.3, 0.4) is 0 Å². The Morgan fingerprint density at radius 1 is 0.941 bits per heavy atom. The number of halogens is 2. The third kappa shape index (κ3) is 4.30. The lowest BCUT2D eigenvalue weighted by molar-refractivity contribution is -0.132. The van der Waals surface area contributed by atoms with E-state index in [9.17, 15) is 23.2 Å². The molecule has 1 aliphatic heterocycles. The molecule has 34 heavy (non-hydrogen) atoms. The number of aromatic nitrogens is 2. The quantitative estimate of drug-likeness (QED) is 0.580. The van der Waals surface area contributed by atoms with Gasteiger partial charge in [-0.2, -0.15) is 0 Å². The van der Waals surface area contributed by atoms with Gasteiger partial charge in [0.25, 0.3) is 11.5 Å². The molecular formula is C25H24F2N4O3. The molecule has 0 unspecified atom stereocenters. The minimum atomic E-state index is -1.06. The van der Waals surface area contributed by atoms with E-state index in [-0.39, 0.29) is 35.4 Å². The molecule has 176 valence electrons. The van der Waals surface area contributed by atoms with E-state index in [1.165, 1.54) is 11.0 Å². The van der Waals surface area contributed by atoms with Crippen molar-refractivity contribution < 1.29 is 18.4 Å². The number of benzene rings is 2. The number of carbonyl (C=O) groups is 2. The van der Waals surface area contributed by atoms with Gasteiger partial charge >= 0.3 is 0 Å². The highest BCUT2D eigenvalue weighted by molar-refractivity contribution is 5.94. The van der Waals surface area contributed by atoms with Gasteiger partial charge in [-0.1, -0.05) is 12.1 Å². The number of aryl methyl sites for hydroxylation is 1. The number of para-hydroxylation sites is 1. The average Bonchev–Trinajstić information content (AvgIpc) is 3.69. The SMILES string of the molecule is O=C(CCc1nc2ccccc2c(=O)n1C1CC1)N1CCN(C(=O)c2ccc(F)c(F)c2)CC1. The van der Waals surface area contributed by atoms with Crippen molar-refractivity contribution in [3.63, 3.8) is 0 Å². The summed E-state index contributed by atoms with van der Waals surface area (Å²) in [7, 11) is 0.